The van der Waals surface area contributed by atoms with E-state index >= 15 is 0 Å². The number of fused-ring (bicyclic) bond motifs is 1. The third-order valence-electron chi connectivity index (χ3n) is 3.53. The maximum Gasteiger partial charge on any atom is 0.325 e. The van der Waals surface area contributed by atoms with Crippen molar-refractivity contribution in [3.63, 3.8) is 0 Å². The Balaban J connectivity index is 2.02. The molecule has 0 aliphatic carbocycles. The number of benzene rings is 1. The van der Waals surface area contributed by atoms with Gasteiger partial charge in [0.05, 0.1) is 11.4 Å². The van der Waals surface area contributed by atoms with Gasteiger partial charge in [0.1, 0.15) is 6.54 Å². The molecule has 0 saturated carbocycles. The van der Waals surface area contributed by atoms with E-state index in [1.165, 1.54) is 4.68 Å². The molecule has 1 saturated heterocycles. The number of piperidine rings is 1. The lowest BCUT2D eigenvalue weighted by Crippen LogP contribution is -2.39. The Kier molecular flexibility index (Phi) is 3.17. The number of carboxylic acids is 1. The van der Waals surface area contributed by atoms with Crippen LogP contribution in [0, 0.1) is 0 Å². The second-order valence-electron chi connectivity index (χ2n) is 5.01. The number of rotatable bonds is 3. The first-order valence-electron chi connectivity index (χ1n) is 6.56. The zero-order valence-electron chi connectivity index (χ0n) is 11.1. The van der Waals surface area contributed by atoms with Crippen LogP contribution in [0.25, 0.3) is 10.9 Å². The Morgan fingerprint density at radius 1 is 1.43 bits per heavy atom. The predicted octanol–water partition coefficient (Wildman–Crippen LogP) is 0.641. The van der Waals surface area contributed by atoms with E-state index in [4.69, 9.17) is 5.11 Å². The van der Waals surface area contributed by atoms with Crippen LogP contribution in [0.5, 0.6) is 0 Å². The van der Waals surface area contributed by atoms with E-state index in [2.05, 4.69) is 10.4 Å². The van der Waals surface area contributed by atoms with Crippen molar-refractivity contribution in [2.45, 2.75) is 25.3 Å². The average molecular weight is 287 g/mol. The first kappa shape index (κ1) is 13.3. The van der Waals surface area contributed by atoms with Gasteiger partial charge in [-0.3, -0.25) is 24.4 Å². The summed E-state index contributed by atoms with van der Waals surface area (Å²) in [6.07, 6.45) is 2.37. The molecular weight excluding hydrogens is 274 g/mol. The lowest BCUT2D eigenvalue weighted by molar-refractivity contribution is -0.138. The van der Waals surface area contributed by atoms with Crippen LogP contribution >= 0.6 is 0 Å². The number of hydrogen-bond donors (Lipinski definition) is 2. The topological polar surface area (TPSA) is 101 Å². The molecule has 7 heteroatoms. The minimum absolute atomic E-state index is 0.233. The molecule has 1 fully saturated rings. The molecule has 0 spiro atoms. The zero-order chi connectivity index (χ0) is 15.0. The van der Waals surface area contributed by atoms with Gasteiger partial charge in [-0.1, -0.05) is 18.2 Å². The van der Waals surface area contributed by atoms with Crippen LogP contribution in [0.1, 0.15) is 24.3 Å². The number of imide groups is 1. The van der Waals surface area contributed by atoms with Crippen molar-refractivity contribution in [1.82, 2.24) is 15.1 Å². The first-order valence-corrected chi connectivity index (χ1v) is 6.56. The second kappa shape index (κ2) is 5.01. The SMILES string of the molecule is O=C(O)Cn1cc2cccc(C3CCC(=O)NC3=O)c2n1. The van der Waals surface area contributed by atoms with Gasteiger partial charge in [0.2, 0.25) is 11.8 Å². The van der Waals surface area contributed by atoms with Crippen molar-refractivity contribution in [3.8, 4) is 0 Å². The summed E-state index contributed by atoms with van der Waals surface area (Å²) in [4.78, 5) is 34.0. The van der Waals surface area contributed by atoms with Crippen molar-refractivity contribution < 1.29 is 19.5 Å². The summed E-state index contributed by atoms with van der Waals surface area (Å²) < 4.78 is 1.34. The molecule has 21 heavy (non-hydrogen) atoms. The summed E-state index contributed by atoms with van der Waals surface area (Å²) in [6.45, 7) is -0.233. The fourth-order valence-electron chi connectivity index (χ4n) is 2.61. The van der Waals surface area contributed by atoms with Gasteiger partial charge in [0.15, 0.2) is 0 Å². The molecule has 1 atom stereocenters. The van der Waals surface area contributed by atoms with Crippen LogP contribution in [0.3, 0.4) is 0 Å². The van der Waals surface area contributed by atoms with Crippen LogP contribution in [0.4, 0.5) is 0 Å². The van der Waals surface area contributed by atoms with Crippen molar-refractivity contribution in [2.75, 3.05) is 0 Å². The van der Waals surface area contributed by atoms with E-state index < -0.39 is 11.9 Å². The lowest BCUT2D eigenvalue weighted by atomic mass is 9.89. The highest BCUT2D eigenvalue weighted by Crippen LogP contribution is 2.30. The molecule has 2 N–H and O–H groups in total. The van der Waals surface area contributed by atoms with Gasteiger partial charge < -0.3 is 5.11 Å². The minimum atomic E-state index is -0.981. The highest BCUT2D eigenvalue weighted by Gasteiger charge is 2.29. The summed E-state index contributed by atoms with van der Waals surface area (Å²) >= 11 is 0. The quantitative estimate of drug-likeness (QED) is 0.807. The fraction of sp³-hybridized carbons (Fsp3) is 0.286. The maximum absolute atomic E-state index is 12.0. The summed E-state index contributed by atoms with van der Waals surface area (Å²) in [5.74, 6) is -2.00. The number of nitrogens with zero attached hydrogens (tertiary/aromatic N) is 2. The average Bonchev–Trinajstić information content (AvgIpc) is 2.80. The van der Waals surface area contributed by atoms with E-state index in [9.17, 15) is 14.4 Å². The molecule has 2 amide bonds. The van der Waals surface area contributed by atoms with Gasteiger partial charge in [-0.05, 0) is 12.0 Å². The number of aliphatic carboxylic acids is 1. The molecule has 2 heterocycles. The summed E-state index contributed by atoms with van der Waals surface area (Å²) in [7, 11) is 0. The summed E-state index contributed by atoms with van der Waals surface area (Å²) in [6, 6.07) is 5.41. The monoisotopic (exact) mass is 287 g/mol. The molecule has 1 aliphatic rings. The highest BCUT2D eigenvalue weighted by molar-refractivity contribution is 6.02. The van der Waals surface area contributed by atoms with Crippen molar-refractivity contribution >= 4 is 28.7 Å². The lowest BCUT2D eigenvalue weighted by Gasteiger charge is -2.21. The molecule has 0 radical (unpaired) electrons. The Labute approximate surface area is 119 Å². The van der Waals surface area contributed by atoms with E-state index in [0.29, 0.717) is 18.4 Å². The number of aromatic nitrogens is 2. The van der Waals surface area contributed by atoms with Gasteiger partial charge in [-0.2, -0.15) is 5.10 Å². The molecule has 2 aromatic rings. The van der Waals surface area contributed by atoms with Crippen LogP contribution in [0.15, 0.2) is 24.4 Å². The molecule has 7 nitrogen and oxygen atoms in total. The maximum atomic E-state index is 12.0. The van der Waals surface area contributed by atoms with Crippen molar-refractivity contribution in [1.29, 1.82) is 0 Å². The normalized spacial score (nSPS) is 18.8. The van der Waals surface area contributed by atoms with Crippen LogP contribution in [-0.4, -0.2) is 32.7 Å². The van der Waals surface area contributed by atoms with Crippen molar-refractivity contribution in [3.05, 3.63) is 30.0 Å². The highest BCUT2D eigenvalue weighted by atomic mass is 16.4. The smallest absolute Gasteiger partial charge is 0.325 e. The zero-order valence-corrected chi connectivity index (χ0v) is 11.1. The Bertz CT molecular complexity index is 750. The number of nitrogens with one attached hydrogen (secondary N) is 1. The Hall–Kier alpha value is -2.70. The molecule has 0 bridgehead atoms. The van der Waals surface area contributed by atoms with Gasteiger partial charge >= 0.3 is 5.97 Å². The van der Waals surface area contributed by atoms with E-state index in [1.54, 1.807) is 18.3 Å². The van der Waals surface area contributed by atoms with Crippen LogP contribution in [0.2, 0.25) is 0 Å². The summed E-state index contributed by atoms with van der Waals surface area (Å²) in [5, 5.41) is 16.2. The van der Waals surface area contributed by atoms with Gasteiger partial charge in [0, 0.05) is 18.0 Å². The van der Waals surface area contributed by atoms with Gasteiger partial charge in [-0.25, -0.2) is 0 Å². The standard InChI is InChI=1S/C14H13N3O4/c18-11-5-4-10(14(21)15-11)9-3-1-2-8-6-17(7-12(19)20)16-13(8)9/h1-3,6,10H,4-5,7H2,(H,19,20)(H,15,18,21). The number of hydrogen-bond acceptors (Lipinski definition) is 4. The molecule has 1 aromatic carbocycles. The van der Waals surface area contributed by atoms with Gasteiger partial charge in [-0.15, -0.1) is 0 Å². The predicted molar refractivity (Wildman–Crippen MR) is 72.5 cm³/mol. The number of carbonyl (C=O) groups is 3. The third kappa shape index (κ3) is 2.49. The summed E-state index contributed by atoms with van der Waals surface area (Å²) in [5.41, 5.74) is 1.33. The number of carboxylic acid groups (broad SMARTS) is 1. The Morgan fingerprint density at radius 3 is 2.95 bits per heavy atom. The molecule has 1 unspecified atom stereocenters. The number of amides is 2. The number of carbonyl (C=O) groups excluding carboxylic acids is 2. The van der Waals surface area contributed by atoms with Crippen molar-refractivity contribution in [2.24, 2.45) is 0 Å². The molecule has 1 aromatic heterocycles. The fourth-order valence-corrected chi connectivity index (χ4v) is 2.61. The third-order valence-corrected chi connectivity index (χ3v) is 3.53. The Morgan fingerprint density at radius 2 is 2.24 bits per heavy atom. The minimum Gasteiger partial charge on any atom is -0.480 e. The van der Waals surface area contributed by atoms with E-state index in [1.807, 2.05) is 6.07 Å². The largest absolute Gasteiger partial charge is 0.480 e. The first-order chi connectivity index (χ1) is 10.0. The molecule has 1 aliphatic heterocycles. The van der Waals surface area contributed by atoms with Gasteiger partial charge in [0.25, 0.3) is 0 Å². The van der Waals surface area contributed by atoms with Crippen LogP contribution < -0.4 is 5.32 Å². The van der Waals surface area contributed by atoms with E-state index in [0.717, 1.165) is 10.9 Å². The molecule has 3 rings (SSSR count). The molecule has 108 valence electrons. The van der Waals surface area contributed by atoms with Crippen LogP contribution in [-0.2, 0) is 20.9 Å². The second-order valence-corrected chi connectivity index (χ2v) is 5.01. The molecular formula is C14H13N3O4. The van der Waals surface area contributed by atoms with E-state index in [-0.39, 0.29) is 18.4 Å².